The van der Waals surface area contributed by atoms with E-state index in [2.05, 4.69) is 24.4 Å². The van der Waals surface area contributed by atoms with E-state index in [1.54, 1.807) is 6.92 Å². The Bertz CT molecular complexity index is 350. The van der Waals surface area contributed by atoms with Gasteiger partial charge in [0.15, 0.2) is 0 Å². The van der Waals surface area contributed by atoms with Crippen molar-refractivity contribution in [3.8, 4) is 0 Å². The molecule has 1 atom stereocenters. The fourth-order valence-corrected chi connectivity index (χ4v) is 1.47. The summed E-state index contributed by atoms with van der Waals surface area (Å²) in [5.41, 5.74) is 2.53. The summed E-state index contributed by atoms with van der Waals surface area (Å²) in [6, 6.07) is 8.20. The first-order valence-corrected chi connectivity index (χ1v) is 5.59. The molecular formula is C13H19NO2. The van der Waals surface area contributed by atoms with Crippen molar-refractivity contribution in [1.29, 1.82) is 0 Å². The molecule has 1 rings (SSSR count). The lowest BCUT2D eigenvalue weighted by atomic mass is 10.1. The lowest BCUT2D eigenvalue weighted by Crippen LogP contribution is -2.20. The van der Waals surface area contributed by atoms with Crippen LogP contribution in [0.25, 0.3) is 0 Å². The summed E-state index contributed by atoms with van der Waals surface area (Å²) in [5, 5.41) is 12.0. The summed E-state index contributed by atoms with van der Waals surface area (Å²) < 4.78 is 0. The zero-order valence-electron chi connectivity index (χ0n) is 9.86. The molecule has 88 valence electrons. The summed E-state index contributed by atoms with van der Waals surface area (Å²) in [5.74, 6) is -0.998. The maximum atomic E-state index is 10.6. The van der Waals surface area contributed by atoms with E-state index in [0.29, 0.717) is 6.42 Å². The monoisotopic (exact) mass is 221 g/mol. The highest BCUT2D eigenvalue weighted by molar-refractivity contribution is 5.69. The summed E-state index contributed by atoms with van der Waals surface area (Å²) in [6.45, 7) is 5.36. The van der Waals surface area contributed by atoms with Gasteiger partial charge in [-0.25, -0.2) is 0 Å². The molecule has 3 heteroatoms. The predicted molar refractivity (Wildman–Crippen MR) is 64.3 cm³/mol. The average molecular weight is 221 g/mol. The van der Waals surface area contributed by atoms with Gasteiger partial charge in [0.05, 0.1) is 5.92 Å². The SMILES string of the molecule is Cc1ccccc1CNCCC(C)C(=O)O. The van der Waals surface area contributed by atoms with Crippen LogP contribution < -0.4 is 5.32 Å². The van der Waals surface area contributed by atoms with Crippen LogP contribution in [0.4, 0.5) is 0 Å². The first kappa shape index (κ1) is 12.7. The first-order valence-electron chi connectivity index (χ1n) is 5.59. The summed E-state index contributed by atoms with van der Waals surface area (Å²) in [4.78, 5) is 10.6. The standard InChI is InChI=1S/C13H19NO2/c1-10-5-3-4-6-12(10)9-14-8-7-11(2)13(15)16/h3-6,11,14H,7-9H2,1-2H3,(H,15,16). The van der Waals surface area contributed by atoms with E-state index >= 15 is 0 Å². The Morgan fingerprint density at radius 3 is 2.75 bits per heavy atom. The third kappa shape index (κ3) is 4.03. The number of hydrogen-bond donors (Lipinski definition) is 2. The number of aliphatic carboxylic acids is 1. The number of aryl methyl sites for hydroxylation is 1. The molecule has 2 N–H and O–H groups in total. The van der Waals surface area contributed by atoms with Gasteiger partial charge in [-0.1, -0.05) is 31.2 Å². The van der Waals surface area contributed by atoms with Crippen LogP contribution in [0.15, 0.2) is 24.3 Å². The largest absolute Gasteiger partial charge is 0.481 e. The van der Waals surface area contributed by atoms with Gasteiger partial charge in [0, 0.05) is 6.54 Å². The van der Waals surface area contributed by atoms with E-state index in [-0.39, 0.29) is 5.92 Å². The quantitative estimate of drug-likeness (QED) is 0.724. The van der Waals surface area contributed by atoms with E-state index in [1.165, 1.54) is 11.1 Å². The zero-order valence-corrected chi connectivity index (χ0v) is 9.86. The van der Waals surface area contributed by atoms with Gasteiger partial charge in [0.25, 0.3) is 0 Å². The molecule has 0 aliphatic heterocycles. The Morgan fingerprint density at radius 2 is 2.12 bits per heavy atom. The van der Waals surface area contributed by atoms with Gasteiger partial charge >= 0.3 is 5.97 Å². The molecule has 1 unspecified atom stereocenters. The molecule has 0 spiro atoms. The van der Waals surface area contributed by atoms with E-state index in [1.807, 2.05) is 12.1 Å². The molecule has 0 radical (unpaired) electrons. The van der Waals surface area contributed by atoms with E-state index < -0.39 is 5.97 Å². The van der Waals surface area contributed by atoms with Crippen molar-refractivity contribution in [2.45, 2.75) is 26.8 Å². The molecule has 0 amide bonds. The topological polar surface area (TPSA) is 49.3 Å². The lowest BCUT2D eigenvalue weighted by molar-refractivity contribution is -0.141. The average Bonchev–Trinajstić information content (AvgIpc) is 2.26. The highest BCUT2D eigenvalue weighted by Gasteiger charge is 2.09. The molecule has 1 aromatic carbocycles. The van der Waals surface area contributed by atoms with Gasteiger partial charge in [0.1, 0.15) is 0 Å². The van der Waals surface area contributed by atoms with Gasteiger partial charge in [-0.3, -0.25) is 4.79 Å². The molecule has 3 nitrogen and oxygen atoms in total. The van der Waals surface area contributed by atoms with E-state index in [9.17, 15) is 4.79 Å². The van der Waals surface area contributed by atoms with Crippen molar-refractivity contribution in [2.75, 3.05) is 6.54 Å². The normalized spacial score (nSPS) is 12.4. The Labute approximate surface area is 96.5 Å². The molecule has 0 fully saturated rings. The molecule has 0 aliphatic carbocycles. The molecule has 0 aliphatic rings. The predicted octanol–water partition coefficient (Wildman–Crippen LogP) is 2.20. The molecule has 0 aromatic heterocycles. The molecule has 0 saturated carbocycles. The number of nitrogens with one attached hydrogen (secondary N) is 1. The second kappa shape index (κ2) is 6.28. The molecule has 0 heterocycles. The number of carboxylic acids is 1. The number of rotatable bonds is 6. The summed E-state index contributed by atoms with van der Waals surface area (Å²) in [7, 11) is 0. The Kier molecular flexibility index (Phi) is 4.99. The first-order chi connectivity index (χ1) is 7.61. The van der Waals surface area contributed by atoms with Crippen LogP contribution in [0.1, 0.15) is 24.5 Å². The minimum absolute atomic E-state index is 0.274. The Morgan fingerprint density at radius 1 is 1.44 bits per heavy atom. The number of benzene rings is 1. The molecule has 0 bridgehead atoms. The molecule has 1 aromatic rings. The smallest absolute Gasteiger partial charge is 0.306 e. The second-order valence-electron chi connectivity index (χ2n) is 4.13. The minimum Gasteiger partial charge on any atom is -0.481 e. The van der Waals surface area contributed by atoms with Crippen molar-refractivity contribution in [3.63, 3.8) is 0 Å². The van der Waals surface area contributed by atoms with Crippen molar-refractivity contribution in [1.82, 2.24) is 5.32 Å². The maximum Gasteiger partial charge on any atom is 0.306 e. The summed E-state index contributed by atoms with van der Waals surface area (Å²) in [6.07, 6.45) is 0.668. The number of hydrogen-bond acceptors (Lipinski definition) is 2. The highest BCUT2D eigenvalue weighted by Crippen LogP contribution is 2.06. The Balaban J connectivity index is 2.26. The van der Waals surface area contributed by atoms with Gasteiger partial charge in [-0.05, 0) is 31.0 Å². The molecule has 16 heavy (non-hydrogen) atoms. The van der Waals surface area contributed by atoms with Crippen molar-refractivity contribution in [2.24, 2.45) is 5.92 Å². The van der Waals surface area contributed by atoms with Crippen molar-refractivity contribution in [3.05, 3.63) is 35.4 Å². The Hall–Kier alpha value is -1.35. The van der Waals surface area contributed by atoms with Crippen LogP contribution in [-0.2, 0) is 11.3 Å². The third-order valence-corrected chi connectivity index (χ3v) is 2.75. The summed E-state index contributed by atoms with van der Waals surface area (Å²) >= 11 is 0. The van der Waals surface area contributed by atoms with Crippen molar-refractivity contribution < 1.29 is 9.90 Å². The number of carbonyl (C=O) groups is 1. The van der Waals surface area contributed by atoms with Crippen LogP contribution in [0.3, 0.4) is 0 Å². The van der Waals surface area contributed by atoms with E-state index in [4.69, 9.17) is 5.11 Å². The van der Waals surface area contributed by atoms with Crippen LogP contribution in [0, 0.1) is 12.8 Å². The molecular weight excluding hydrogens is 202 g/mol. The van der Waals surface area contributed by atoms with Gasteiger partial charge in [0.2, 0.25) is 0 Å². The molecule has 0 saturated heterocycles. The van der Waals surface area contributed by atoms with E-state index in [0.717, 1.165) is 13.1 Å². The number of carboxylic acid groups (broad SMARTS) is 1. The van der Waals surface area contributed by atoms with Gasteiger partial charge < -0.3 is 10.4 Å². The lowest BCUT2D eigenvalue weighted by Gasteiger charge is -2.09. The highest BCUT2D eigenvalue weighted by atomic mass is 16.4. The zero-order chi connectivity index (χ0) is 12.0. The van der Waals surface area contributed by atoms with Crippen LogP contribution >= 0.6 is 0 Å². The third-order valence-electron chi connectivity index (χ3n) is 2.75. The van der Waals surface area contributed by atoms with Crippen molar-refractivity contribution >= 4 is 5.97 Å². The second-order valence-corrected chi connectivity index (χ2v) is 4.13. The van der Waals surface area contributed by atoms with Crippen LogP contribution in [0.2, 0.25) is 0 Å². The fraction of sp³-hybridized carbons (Fsp3) is 0.462. The van der Waals surface area contributed by atoms with Crippen LogP contribution in [-0.4, -0.2) is 17.6 Å². The minimum atomic E-state index is -0.724. The van der Waals surface area contributed by atoms with Gasteiger partial charge in [-0.15, -0.1) is 0 Å². The maximum absolute atomic E-state index is 10.6. The van der Waals surface area contributed by atoms with Gasteiger partial charge in [-0.2, -0.15) is 0 Å². The van der Waals surface area contributed by atoms with Crippen LogP contribution in [0.5, 0.6) is 0 Å². The fourth-order valence-electron chi connectivity index (χ4n) is 1.47.